The average molecular weight is 172 g/mol. The number of hydrogen-bond acceptors (Lipinski definition) is 4. The van der Waals surface area contributed by atoms with Crippen LogP contribution in [-0.2, 0) is 19.1 Å². The highest BCUT2D eigenvalue weighted by Gasteiger charge is 2.37. The maximum Gasteiger partial charge on any atom is 0.348 e. The van der Waals surface area contributed by atoms with Gasteiger partial charge < -0.3 is 9.47 Å². The van der Waals surface area contributed by atoms with Gasteiger partial charge in [-0.15, -0.1) is 0 Å². The van der Waals surface area contributed by atoms with Crippen LogP contribution in [0.4, 0.5) is 0 Å². The molecule has 1 heterocycles. The highest BCUT2D eigenvalue weighted by Crippen LogP contribution is 2.16. The van der Waals surface area contributed by atoms with Crippen LogP contribution in [-0.4, -0.2) is 24.1 Å². The Bertz CT molecular complexity index is 209. The van der Waals surface area contributed by atoms with Crippen LogP contribution in [0.1, 0.15) is 20.8 Å². The van der Waals surface area contributed by atoms with E-state index in [4.69, 9.17) is 9.47 Å². The van der Waals surface area contributed by atoms with Crippen molar-refractivity contribution >= 4 is 11.9 Å². The maximum absolute atomic E-state index is 11.1. The normalized spacial score (nSPS) is 30.0. The molecule has 0 bridgehead atoms. The van der Waals surface area contributed by atoms with Gasteiger partial charge in [0, 0.05) is 5.92 Å². The van der Waals surface area contributed by atoms with E-state index in [9.17, 15) is 9.59 Å². The first-order valence-electron chi connectivity index (χ1n) is 3.93. The molecule has 0 saturated carbocycles. The zero-order valence-electron chi connectivity index (χ0n) is 7.37. The molecule has 4 nitrogen and oxygen atoms in total. The second-order valence-corrected chi connectivity index (χ2v) is 3.18. The van der Waals surface area contributed by atoms with E-state index in [2.05, 4.69) is 0 Å². The summed E-state index contributed by atoms with van der Waals surface area (Å²) < 4.78 is 9.62. The van der Waals surface area contributed by atoms with Gasteiger partial charge in [0.05, 0.1) is 0 Å². The Hall–Kier alpha value is -1.06. The third-order valence-corrected chi connectivity index (χ3v) is 1.71. The molecule has 2 atom stereocenters. The van der Waals surface area contributed by atoms with E-state index in [0.717, 1.165) is 0 Å². The zero-order valence-corrected chi connectivity index (χ0v) is 7.37. The van der Waals surface area contributed by atoms with Gasteiger partial charge in [-0.05, 0) is 6.92 Å². The summed E-state index contributed by atoms with van der Waals surface area (Å²) in [6.45, 7) is 5.10. The largest absolute Gasteiger partial charge is 0.448 e. The molecule has 0 N–H and O–H groups in total. The quantitative estimate of drug-likeness (QED) is 0.540. The average Bonchev–Trinajstić information content (AvgIpc) is 1.96. The lowest BCUT2D eigenvalue weighted by molar-refractivity contribution is -0.196. The van der Waals surface area contributed by atoms with Crippen LogP contribution in [0.15, 0.2) is 0 Å². The second-order valence-electron chi connectivity index (χ2n) is 3.18. The van der Waals surface area contributed by atoms with Crippen molar-refractivity contribution in [1.82, 2.24) is 0 Å². The monoisotopic (exact) mass is 172 g/mol. The molecule has 12 heavy (non-hydrogen) atoms. The predicted molar refractivity (Wildman–Crippen MR) is 40.3 cm³/mol. The van der Waals surface area contributed by atoms with Gasteiger partial charge in [-0.2, -0.15) is 0 Å². The molecule has 0 radical (unpaired) electrons. The van der Waals surface area contributed by atoms with Crippen molar-refractivity contribution in [2.24, 2.45) is 5.92 Å². The van der Waals surface area contributed by atoms with Crippen LogP contribution in [0.2, 0.25) is 0 Å². The first-order valence-corrected chi connectivity index (χ1v) is 3.93. The van der Waals surface area contributed by atoms with Crippen molar-refractivity contribution in [3.05, 3.63) is 0 Å². The van der Waals surface area contributed by atoms with Crippen LogP contribution in [0, 0.1) is 5.92 Å². The molecule has 1 saturated heterocycles. The fourth-order valence-corrected chi connectivity index (χ4v) is 0.967. The molecule has 1 aliphatic heterocycles. The number of rotatable bonds is 1. The topological polar surface area (TPSA) is 52.6 Å². The highest BCUT2D eigenvalue weighted by atomic mass is 16.6. The third-order valence-electron chi connectivity index (χ3n) is 1.71. The van der Waals surface area contributed by atoms with Gasteiger partial charge in [0.2, 0.25) is 6.10 Å². The summed E-state index contributed by atoms with van der Waals surface area (Å²) in [7, 11) is 0. The summed E-state index contributed by atoms with van der Waals surface area (Å²) in [5.41, 5.74) is 0. The molecule has 1 rings (SSSR count). The second kappa shape index (κ2) is 3.13. The molecule has 0 amide bonds. The van der Waals surface area contributed by atoms with E-state index in [1.54, 1.807) is 13.8 Å². The van der Waals surface area contributed by atoms with Gasteiger partial charge in [0.25, 0.3) is 0 Å². The van der Waals surface area contributed by atoms with Crippen LogP contribution in [0.3, 0.4) is 0 Å². The van der Waals surface area contributed by atoms with Gasteiger partial charge in [-0.25, -0.2) is 9.59 Å². The van der Waals surface area contributed by atoms with E-state index < -0.39 is 24.1 Å². The minimum absolute atomic E-state index is 0.0334. The summed E-state index contributed by atoms with van der Waals surface area (Å²) in [6, 6.07) is 0. The van der Waals surface area contributed by atoms with Crippen molar-refractivity contribution < 1.29 is 19.1 Å². The first kappa shape index (κ1) is 9.03. The molecule has 1 fully saturated rings. The number of ether oxygens (including phenoxy) is 2. The summed E-state index contributed by atoms with van der Waals surface area (Å²) in [5.74, 6) is -0.945. The fourth-order valence-electron chi connectivity index (χ4n) is 0.967. The van der Waals surface area contributed by atoms with Gasteiger partial charge in [0.1, 0.15) is 0 Å². The lowest BCUT2D eigenvalue weighted by atomic mass is 10.1. The summed E-state index contributed by atoms with van der Waals surface area (Å²) in [6.07, 6.45) is -1.49. The van der Waals surface area contributed by atoms with E-state index in [1.807, 2.05) is 0 Å². The zero-order chi connectivity index (χ0) is 9.30. The van der Waals surface area contributed by atoms with E-state index >= 15 is 0 Å². The number of carbonyl (C=O) groups is 2. The standard InChI is InChI=1S/C8H12O4/c1-4(2)6-8(10)11-5(3)7(9)12-6/h4-6H,1-3H3. The summed E-state index contributed by atoms with van der Waals surface area (Å²) in [4.78, 5) is 22.0. The van der Waals surface area contributed by atoms with E-state index in [1.165, 1.54) is 6.92 Å². The molecule has 0 aliphatic carbocycles. The van der Waals surface area contributed by atoms with Gasteiger partial charge in [0.15, 0.2) is 6.10 Å². The lowest BCUT2D eigenvalue weighted by Gasteiger charge is -2.27. The maximum atomic E-state index is 11.1. The molecule has 68 valence electrons. The molecular weight excluding hydrogens is 160 g/mol. The Balaban J connectivity index is 2.68. The molecule has 2 unspecified atom stereocenters. The Morgan fingerprint density at radius 2 is 1.75 bits per heavy atom. The van der Waals surface area contributed by atoms with Gasteiger partial charge in [-0.1, -0.05) is 13.8 Å². The van der Waals surface area contributed by atoms with Gasteiger partial charge >= 0.3 is 11.9 Å². The minimum Gasteiger partial charge on any atom is -0.448 e. The SMILES string of the molecule is CC1OC(=O)C(C(C)C)OC1=O. The Morgan fingerprint density at radius 1 is 1.17 bits per heavy atom. The van der Waals surface area contributed by atoms with E-state index in [-0.39, 0.29) is 5.92 Å². The smallest absolute Gasteiger partial charge is 0.348 e. The molecule has 1 aliphatic rings. The molecule has 0 aromatic rings. The van der Waals surface area contributed by atoms with Crippen LogP contribution < -0.4 is 0 Å². The number of esters is 2. The van der Waals surface area contributed by atoms with Crippen molar-refractivity contribution in [2.45, 2.75) is 33.0 Å². The summed E-state index contributed by atoms with van der Waals surface area (Å²) in [5, 5.41) is 0. The molecule has 4 heteroatoms. The van der Waals surface area contributed by atoms with Crippen LogP contribution >= 0.6 is 0 Å². The van der Waals surface area contributed by atoms with E-state index in [0.29, 0.717) is 0 Å². The minimum atomic E-state index is -0.757. The Kier molecular flexibility index (Phi) is 2.35. The van der Waals surface area contributed by atoms with Crippen LogP contribution in [0.5, 0.6) is 0 Å². The first-order chi connectivity index (χ1) is 5.52. The highest BCUT2D eigenvalue weighted by molar-refractivity contribution is 5.87. The Morgan fingerprint density at radius 3 is 2.25 bits per heavy atom. The predicted octanol–water partition coefficient (Wildman–Crippen LogP) is 0.499. The third kappa shape index (κ3) is 1.57. The molecule has 0 aromatic heterocycles. The molecular formula is C8H12O4. The van der Waals surface area contributed by atoms with Crippen molar-refractivity contribution in [2.75, 3.05) is 0 Å². The lowest BCUT2D eigenvalue weighted by Crippen LogP contribution is -2.45. The fraction of sp³-hybridized carbons (Fsp3) is 0.750. The van der Waals surface area contributed by atoms with Crippen molar-refractivity contribution in [1.29, 1.82) is 0 Å². The Labute approximate surface area is 70.8 Å². The van der Waals surface area contributed by atoms with Crippen molar-refractivity contribution in [3.63, 3.8) is 0 Å². The number of hydrogen-bond donors (Lipinski definition) is 0. The van der Waals surface area contributed by atoms with Crippen LogP contribution in [0.25, 0.3) is 0 Å². The van der Waals surface area contributed by atoms with Gasteiger partial charge in [-0.3, -0.25) is 0 Å². The number of cyclic esters (lactones) is 2. The van der Waals surface area contributed by atoms with Crippen molar-refractivity contribution in [3.8, 4) is 0 Å². The molecule has 0 aromatic carbocycles. The summed E-state index contributed by atoms with van der Waals surface area (Å²) >= 11 is 0. The number of carbonyl (C=O) groups excluding carboxylic acids is 2. The molecule has 0 spiro atoms.